The average Bonchev–Trinajstić information content (AvgIpc) is 2.98. The second kappa shape index (κ2) is 7.93. The quantitative estimate of drug-likeness (QED) is 0.767. The molecular weight excluding hydrogens is 286 g/mol. The molecule has 0 radical (unpaired) electrons. The number of hydrogen-bond acceptors (Lipinski definition) is 6. The molecule has 0 aliphatic carbocycles. The van der Waals surface area contributed by atoms with Gasteiger partial charge in [0.15, 0.2) is 11.6 Å². The van der Waals surface area contributed by atoms with E-state index in [1.165, 1.54) is 6.26 Å². The lowest BCUT2D eigenvalue weighted by atomic mass is 10.00. The second-order valence-corrected chi connectivity index (χ2v) is 5.50. The molecule has 1 aliphatic rings. The maximum Gasteiger partial charge on any atom is 0.307 e. The van der Waals surface area contributed by atoms with Crippen molar-refractivity contribution in [3.8, 4) is 0 Å². The van der Waals surface area contributed by atoms with Crippen molar-refractivity contribution in [2.24, 2.45) is 0 Å². The first kappa shape index (κ1) is 16.5. The van der Waals surface area contributed by atoms with E-state index in [1.54, 1.807) is 13.8 Å². The van der Waals surface area contributed by atoms with Gasteiger partial charge in [0, 0.05) is 18.5 Å². The molecule has 7 nitrogen and oxygen atoms in total. The molecule has 122 valence electrons. The minimum absolute atomic E-state index is 0.136. The molecule has 1 aliphatic heterocycles. The van der Waals surface area contributed by atoms with E-state index in [2.05, 4.69) is 15.6 Å². The molecule has 1 saturated heterocycles. The van der Waals surface area contributed by atoms with Crippen molar-refractivity contribution in [3.63, 3.8) is 0 Å². The van der Waals surface area contributed by atoms with Crippen LogP contribution in [0.15, 0.2) is 10.7 Å². The Kier molecular flexibility index (Phi) is 5.94. The van der Waals surface area contributed by atoms with E-state index in [-0.39, 0.29) is 36.0 Å². The fourth-order valence-electron chi connectivity index (χ4n) is 2.46. The lowest BCUT2D eigenvalue weighted by Crippen LogP contribution is -2.35. The van der Waals surface area contributed by atoms with E-state index < -0.39 is 0 Å². The molecule has 1 aromatic heterocycles. The highest BCUT2D eigenvalue weighted by Gasteiger charge is 2.22. The van der Waals surface area contributed by atoms with Crippen molar-refractivity contribution in [3.05, 3.63) is 17.8 Å². The van der Waals surface area contributed by atoms with Crippen LogP contribution in [0.3, 0.4) is 0 Å². The van der Waals surface area contributed by atoms with Crippen LogP contribution in [-0.2, 0) is 9.53 Å². The fraction of sp³-hybridized carbons (Fsp3) is 0.667. The zero-order valence-electron chi connectivity index (χ0n) is 13.1. The molecule has 22 heavy (non-hydrogen) atoms. The van der Waals surface area contributed by atoms with Gasteiger partial charge in [-0.25, -0.2) is 4.98 Å². The third-order valence-electron chi connectivity index (χ3n) is 3.56. The fourth-order valence-corrected chi connectivity index (χ4v) is 2.46. The molecule has 0 aromatic carbocycles. The highest BCUT2D eigenvalue weighted by atomic mass is 16.5. The van der Waals surface area contributed by atoms with Gasteiger partial charge >= 0.3 is 5.97 Å². The number of nitrogens with zero attached hydrogens (tertiary/aromatic N) is 1. The van der Waals surface area contributed by atoms with Crippen LogP contribution < -0.4 is 10.6 Å². The Morgan fingerprint density at radius 1 is 1.59 bits per heavy atom. The van der Waals surface area contributed by atoms with E-state index in [4.69, 9.17) is 9.15 Å². The van der Waals surface area contributed by atoms with Crippen LogP contribution in [0.1, 0.15) is 55.4 Å². The molecule has 7 heteroatoms. The van der Waals surface area contributed by atoms with Gasteiger partial charge < -0.3 is 19.8 Å². The van der Waals surface area contributed by atoms with E-state index in [0.717, 1.165) is 25.9 Å². The molecule has 2 unspecified atom stereocenters. The lowest BCUT2D eigenvalue weighted by Gasteiger charge is -2.19. The van der Waals surface area contributed by atoms with Gasteiger partial charge in [0.1, 0.15) is 6.26 Å². The third-order valence-corrected chi connectivity index (χ3v) is 3.56. The Morgan fingerprint density at radius 3 is 3.09 bits per heavy atom. The van der Waals surface area contributed by atoms with Gasteiger partial charge in [-0.15, -0.1) is 0 Å². The van der Waals surface area contributed by atoms with Gasteiger partial charge in [-0.1, -0.05) is 0 Å². The first-order valence-electron chi connectivity index (χ1n) is 7.72. The summed E-state index contributed by atoms with van der Waals surface area (Å²) >= 11 is 0. The summed E-state index contributed by atoms with van der Waals surface area (Å²) in [6.45, 7) is 5.66. The smallest absolute Gasteiger partial charge is 0.307 e. The number of ether oxygens (including phenoxy) is 1. The molecule has 0 spiro atoms. The maximum absolute atomic E-state index is 12.1. The predicted octanol–water partition coefficient (Wildman–Crippen LogP) is 1.21. The van der Waals surface area contributed by atoms with Crippen molar-refractivity contribution in [1.29, 1.82) is 0 Å². The molecule has 1 aromatic rings. The van der Waals surface area contributed by atoms with E-state index >= 15 is 0 Å². The normalized spacial score (nSPS) is 19.5. The Labute approximate surface area is 129 Å². The summed E-state index contributed by atoms with van der Waals surface area (Å²) in [5, 5.41) is 6.01. The third kappa shape index (κ3) is 4.56. The van der Waals surface area contributed by atoms with Crippen LogP contribution in [0.25, 0.3) is 0 Å². The van der Waals surface area contributed by atoms with Gasteiger partial charge in [0.05, 0.1) is 13.0 Å². The summed E-state index contributed by atoms with van der Waals surface area (Å²) in [7, 11) is 0. The van der Waals surface area contributed by atoms with Gasteiger partial charge in [-0.3, -0.25) is 9.59 Å². The zero-order valence-corrected chi connectivity index (χ0v) is 13.1. The van der Waals surface area contributed by atoms with Gasteiger partial charge in [0.25, 0.3) is 5.91 Å². The van der Waals surface area contributed by atoms with Crippen molar-refractivity contribution >= 4 is 11.9 Å². The largest absolute Gasteiger partial charge is 0.466 e. The van der Waals surface area contributed by atoms with E-state index in [1.807, 2.05) is 0 Å². The minimum Gasteiger partial charge on any atom is -0.466 e. The topological polar surface area (TPSA) is 93.5 Å². The molecule has 0 bridgehead atoms. The number of esters is 1. The summed E-state index contributed by atoms with van der Waals surface area (Å²) in [5.41, 5.74) is 0.247. The first-order chi connectivity index (χ1) is 10.6. The molecule has 0 saturated carbocycles. The van der Waals surface area contributed by atoms with Crippen molar-refractivity contribution < 1.29 is 18.7 Å². The van der Waals surface area contributed by atoms with Crippen molar-refractivity contribution in [2.75, 3.05) is 19.7 Å². The summed E-state index contributed by atoms with van der Waals surface area (Å²) in [5.74, 6) is 0.141. The SMILES string of the molecule is CCOC(=O)CC(C)NC(=O)c1coc(C2CCCNC2)n1. The standard InChI is InChI=1S/C15H23N3O4/c1-3-21-13(19)7-10(2)17-14(20)12-9-22-15(18-12)11-5-4-6-16-8-11/h9-11,16H,3-8H2,1-2H3,(H,17,20). The number of aromatic nitrogens is 1. The Balaban J connectivity index is 1.87. The highest BCUT2D eigenvalue weighted by Crippen LogP contribution is 2.22. The molecule has 2 heterocycles. The second-order valence-electron chi connectivity index (χ2n) is 5.50. The number of rotatable bonds is 6. The van der Waals surface area contributed by atoms with E-state index in [9.17, 15) is 9.59 Å². The number of amides is 1. The Morgan fingerprint density at radius 2 is 2.41 bits per heavy atom. The number of carbonyl (C=O) groups is 2. The number of oxazole rings is 1. The van der Waals surface area contributed by atoms with Gasteiger partial charge in [0.2, 0.25) is 0 Å². The van der Waals surface area contributed by atoms with Crippen LogP contribution >= 0.6 is 0 Å². The van der Waals surface area contributed by atoms with Crippen LogP contribution in [-0.4, -0.2) is 42.6 Å². The monoisotopic (exact) mass is 309 g/mol. The number of nitrogens with one attached hydrogen (secondary N) is 2. The molecular formula is C15H23N3O4. The van der Waals surface area contributed by atoms with Crippen LogP contribution in [0.5, 0.6) is 0 Å². The van der Waals surface area contributed by atoms with Crippen LogP contribution in [0.4, 0.5) is 0 Å². The van der Waals surface area contributed by atoms with Crippen molar-refractivity contribution in [1.82, 2.24) is 15.6 Å². The Bertz CT molecular complexity index is 509. The summed E-state index contributed by atoms with van der Waals surface area (Å²) in [4.78, 5) is 27.7. The predicted molar refractivity (Wildman–Crippen MR) is 79.5 cm³/mol. The molecule has 1 amide bonds. The Hall–Kier alpha value is -1.89. The summed E-state index contributed by atoms with van der Waals surface area (Å²) in [6, 6.07) is -0.317. The molecule has 2 rings (SSSR count). The minimum atomic E-state index is -0.337. The average molecular weight is 309 g/mol. The first-order valence-corrected chi connectivity index (χ1v) is 7.72. The zero-order chi connectivity index (χ0) is 15.9. The number of piperidine rings is 1. The molecule has 2 N–H and O–H groups in total. The maximum atomic E-state index is 12.1. The van der Waals surface area contributed by atoms with Crippen molar-refractivity contribution in [2.45, 2.75) is 45.1 Å². The molecule has 2 atom stereocenters. The number of carbonyl (C=O) groups excluding carboxylic acids is 2. The summed E-state index contributed by atoms with van der Waals surface area (Å²) in [6.07, 6.45) is 3.59. The number of hydrogen-bond donors (Lipinski definition) is 2. The summed E-state index contributed by atoms with van der Waals surface area (Å²) < 4.78 is 10.3. The highest BCUT2D eigenvalue weighted by molar-refractivity contribution is 5.92. The van der Waals surface area contributed by atoms with Gasteiger partial charge in [-0.05, 0) is 33.2 Å². The van der Waals surface area contributed by atoms with Gasteiger partial charge in [-0.2, -0.15) is 0 Å². The van der Waals surface area contributed by atoms with Crippen LogP contribution in [0.2, 0.25) is 0 Å². The molecule has 1 fully saturated rings. The lowest BCUT2D eigenvalue weighted by molar-refractivity contribution is -0.143. The van der Waals surface area contributed by atoms with Crippen LogP contribution in [0, 0.1) is 0 Å². The van der Waals surface area contributed by atoms with E-state index in [0.29, 0.717) is 12.5 Å².